The number of benzene rings is 1. The molecule has 23 heavy (non-hydrogen) atoms. The van der Waals surface area contributed by atoms with Gasteiger partial charge in [0.15, 0.2) is 0 Å². The maximum absolute atomic E-state index is 12.8. The maximum atomic E-state index is 12.8. The van der Waals surface area contributed by atoms with Crippen molar-refractivity contribution >= 4 is 11.8 Å². The molecule has 1 atom stereocenters. The van der Waals surface area contributed by atoms with E-state index in [0.29, 0.717) is 5.56 Å². The third-order valence-corrected chi connectivity index (χ3v) is 2.98. The zero-order valence-electron chi connectivity index (χ0n) is 12.1. The topological polar surface area (TPSA) is 104 Å². The van der Waals surface area contributed by atoms with Crippen molar-refractivity contribution in [2.75, 3.05) is 6.61 Å². The molecule has 1 aromatic heterocycles. The van der Waals surface area contributed by atoms with Crippen LogP contribution in [0.2, 0.25) is 0 Å². The first-order chi connectivity index (χ1) is 11.1. The fourth-order valence-electron chi connectivity index (χ4n) is 1.76. The van der Waals surface area contributed by atoms with E-state index in [-0.39, 0.29) is 18.1 Å². The smallest absolute Gasteiger partial charge is 0.272 e. The predicted molar refractivity (Wildman–Crippen MR) is 78.6 cm³/mol. The highest BCUT2D eigenvalue weighted by atomic mass is 19.1. The Labute approximate surface area is 131 Å². The fourth-order valence-corrected chi connectivity index (χ4v) is 1.76. The van der Waals surface area contributed by atoms with Crippen LogP contribution >= 0.6 is 0 Å². The zero-order valence-corrected chi connectivity index (χ0v) is 12.1. The van der Waals surface area contributed by atoms with Gasteiger partial charge in [0, 0.05) is 18.9 Å². The molecule has 0 aliphatic carbocycles. The van der Waals surface area contributed by atoms with Crippen LogP contribution in [0.3, 0.4) is 0 Å². The lowest BCUT2D eigenvalue weighted by atomic mass is 10.2. The molecule has 0 saturated carbocycles. The summed E-state index contributed by atoms with van der Waals surface area (Å²) in [4.78, 5) is 31.4. The van der Waals surface area contributed by atoms with Crippen LogP contribution in [0.15, 0.2) is 42.9 Å². The summed E-state index contributed by atoms with van der Waals surface area (Å²) in [6.45, 7) is -0.419. The lowest BCUT2D eigenvalue weighted by molar-refractivity contribution is -0.124. The number of hydrogen-bond acceptors (Lipinski definition) is 5. The molecule has 1 unspecified atom stereocenters. The van der Waals surface area contributed by atoms with Crippen molar-refractivity contribution in [1.29, 1.82) is 0 Å². The Morgan fingerprint density at radius 3 is 2.57 bits per heavy atom. The third-order valence-electron chi connectivity index (χ3n) is 2.98. The number of amides is 2. The van der Waals surface area contributed by atoms with Gasteiger partial charge >= 0.3 is 0 Å². The Kier molecular flexibility index (Phi) is 5.70. The minimum Gasteiger partial charge on any atom is -0.394 e. The van der Waals surface area contributed by atoms with E-state index in [2.05, 4.69) is 20.6 Å². The Morgan fingerprint density at radius 2 is 1.96 bits per heavy atom. The van der Waals surface area contributed by atoms with Crippen molar-refractivity contribution in [2.24, 2.45) is 0 Å². The first kappa shape index (κ1) is 16.5. The van der Waals surface area contributed by atoms with E-state index in [0.717, 1.165) is 0 Å². The molecular weight excluding hydrogens is 303 g/mol. The van der Waals surface area contributed by atoms with Gasteiger partial charge in [0.25, 0.3) is 5.91 Å². The van der Waals surface area contributed by atoms with Gasteiger partial charge in [-0.1, -0.05) is 12.1 Å². The highest BCUT2D eigenvalue weighted by molar-refractivity contribution is 5.95. The summed E-state index contributed by atoms with van der Waals surface area (Å²) in [5.74, 6) is -1.55. The number of carbonyl (C=O) groups is 2. The zero-order chi connectivity index (χ0) is 16.7. The van der Waals surface area contributed by atoms with Gasteiger partial charge in [-0.25, -0.2) is 9.37 Å². The second kappa shape index (κ2) is 7.95. The summed E-state index contributed by atoms with van der Waals surface area (Å²) >= 11 is 0. The van der Waals surface area contributed by atoms with Crippen LogP contribution in [0.1, 0.15) is 16.1 Å². The first-order valence-corrected chi connectivity index (χ1v) is 6.80. The van der Waals surface area contributed by atoms with Crippen LogP contribution < -0.4 is 10.6 Å². The van der Waals surface area contributed by atoms with Crippen molar-refractivity contribution in [2.45, 2.75) is 12.6 Å². The number of hydrogen-bond donors (Lipinski definition) is 3. The summed E-state index contributed by atoms with van der Waals surface area (Å²) in [5.41, 5.74) is 0.731. The van der Waals surface area contributed by atoms with Crippen LogP contribution in [0.5, 0.6) is 0 Å². The largest absolute Gasteiger partial charge is 0.394 e. The molecule has 2 rings (SSSR count). The van der Waals surface area contributed by atoms with E-state index in [1.165, 1.54) is 42.9 Å². The van der Waals surface area contributed by atoms with Crippen LogP contribution in [0.4, 0.5) is 4.39 Å². The average Bonchev–Trinajstić information content (AvgIpc) is 2.59. The Hall–Kier alpha value is -2.87. The van der Waals surface area contributed by atoms with Gasteiger partial charge in [-0.2, -0.15) is 0 Å². The maximum Gasteiger partial charge on any atom is 0.272 e. The normalized spacial score (nSPS) is 11.6. The molecule has 3 N–H and O–H groups in total. The average molecular weight is 318 g/mol. The number of aliphatic hydroxyl groups excluding tert-OH is 1. The first-order valence-electron chi connectivity index (χ1n) is 6.80. The number of nitrogens with one attached hydrogen (secondary N) is 2. The predicted octanol–water partition coefficient (Wildman–Crippen LogP) is 0.0228. The summed E-state index contributed by atoms with van der Waals surface area (Å²) in [7, 11) is 0. The molecule has 120 valence electrons. The molecule has 0 aliphatic rings. The monoisotopic (exact) mass is 318 g/mol. The fraction of sp³-hybridized carbons (Fsp3) is 0.200. The standard InChI is InChI=1S/C15H15FN4O3/c16-11-3-1-10(2-4-11)7-19-14(22)13(9-21)20-15(23)12-8-17-5-6-18-12/h1-6,8,13,21H,7,9H2,(H,19,22)(H,20,23). The van der Waals surface area contributed by atoms with Crippen molar-refractivity contribution < 1.29 is 19.1 Å². The van der Waals surface area contributed by atoms with Gasteiger partial charge in [-0.15, -0.1) is 0 Å². The van der Waals surface area contributed by atoms with Gasteiger partial charge in [-0.3, -0.25) is 14.6 Å². The van der Waals surface area contributed by atoms with Crippen LogP contribution in [0, 0.1) is 5.82 Å². The van der Waals surface area contributed by atoms with Crippen molar-refractivity contribution in [3.8, 4) is 0 Å². The number of aromatic nitrogens is 2. The van der Waals surface area contributed by atoms with Crippen molar-refractivity contribution in [1.82, 2.24) is 20.6 Å². The van der Waals surface area contributed by atoms with Gasteiger partial charge in [0.2, 0.25) is 5.91 Å². The van der Waals surface area contributed by atoms with Crippen molar-refractivity contribution in [3.63, 3.8) is 0 Å². The Morgan fingerprint density at radius 1 is 1.22 bits per heavy atom. The highest BCUT2D eigenvalue weighted by Gasteiger charge is 2.21. The van der Waals surface area contributed by atoms with Gasteiger partial charge in [0.05, 0.1) is 12.8 Å². The van der Waals surface area contributed by atoms with E-state index in [9.17, 15) is 19.1 Å². The molecule has 0 bridgehead atoms. The van der Waals surface area contributed by atoms with Crippen LogP contribution in [-0.2, 0) is 11.3 Å². The molecule has 2 aromatic rings. The van der Waals surface area contributed by atoms with E-state index in [1.807, 2.05) is 0 Å². The van der Waals surface area contributed by atoms with Crippen LogP contribution in [0.25, 0.3) is 0 Å². The Balaban J connectivity index is 1.90. The molecule has 7 nitrogen and oxygen atoms in total. The summed E-state index contributed by atoms with van der Waals surface area (Å²) in [6.07, 6.45) is 4.01. The second-order valence-electron chi connectivity index (χ2n) is 4.64. The van der Waals surface area contributed by atoms with Crippen LogP contribution in [-0.4, -0.2) is 39.5 Å². The minimum absolute atomic E-state index is 0.0392. The quantitative estimate of drug-likeness (QED) is 0.697. The second-order valence-corrected chi connectivity index (χ2v) is 4.64. The van der Waals surface area contributed by atoms with E-state index >= 15 is 0 Å². The van der Waals surface area contributed by atoms with Gasteiger partial charge < -0.3 is 15.7 Å². The molecule has 0 aliphatic heterocycles. The number of halogens is 1. The van der Waals surface area contributed by atoms with E-state index < -0.39 is 24.5 Å². The number of aliphatic hydroxyl groups is 1. The SMILES string of the molecule is O=C(NC(CO)C(=O)NCc1ccc(F)cc1)c1cnccn1. The molecule has 1 heterocycles. The summed E-state index contributed by atoms with van der Waals surface area (Å²) in [5, 5.41) is 14.2. The number of rotatable bonds is 6. The third kappa shape index (κ3) is 4.82. The molecular formula is C15H15FN4O3. The van der Waals surface area contributed by atoms with E-state index in [1.54, 1.807) is 0 Å². The lowest BCUT2D eigenvalue weighted by Crippen LogP contribution is -2.48. The molecule has 2 amide bonds. The Bertz CT molecular complexity index is 664. The molecule has 0 radical (unpaired) electrons. The van der Waals surface area contributed by atoms with Gasteiger partial charge in [-0.05, 0) is 17.7 Å². The van der Waals surface area contributed by atoms with Crippen molar-refractivity contribution in [3.05, 3.63) is 59.9 Å². The van der Waals surface area contributed by atoms with Gasteiger partial charge in [0.1, 0.15) is 17.6 Å². The summed E-state index contributed by atoms with van der Waals surface area (Å²) in [6, 6.07) is 4.50. The highest BCUT2D eigenvalue weighted by Crippen LogP contribution is 2.02. The summed E-state index contributed by atoms with van der Waals surface area (Å²) < 4.78 is 12.8. The lowest BCUT2D eigenvalue weighted by Gasteiger charge is -2.16. The van der Waals surface area contributed by atoms with E-state index in [4.69, 9.17) is 0 Å². The molecule has 0 spiro atoms. The molecule has 1 aromatic carbocycles. The molecule has 0 saturated heterocycles. The minimum atomic E-state index is -1.12. The molecule has 8 heteroatoms. The molecule has 0 fully saturated rings. The number of nitrogens with zero attached hydrogens (tertiary/aromatic N) is 2. The number of carbonyl (C=O) groups excluding carboxylic acids is 2.